The Morgan fingerprint density at radius 1 is 1.33 bits per heavy atom. The van der Waals surface area contributed by atoms with Crippen molar-refractivity contribution in [1.29, 1.82) is 0 Å². The van der Waals surface area contributed by atoms with Crippen LogP contribution in [0.4, 0.5) is 0 Å². The van der Waals surface area contributed by atoms with Crippen molar-refractivity contribution >= 4 is 0 Å². The zero-order chi connectivity index (χ0) is 9.61. The van der Waals surface area contributed by atoms with Gasteiger partial charge in [-0.05, 0) is 0 Å². The highest BCUT2D eigenvalue weighted by Gasteiger charge is 1.94. The quantitative estimate of drug-likeness (QED) is 0.435. The number of nitrogens with one attached hydrogen (secondary N) is 1. The minimum Gasteiger partial charge on any atom is -0.705 e. The average molecular weight is 163 g/mol. The SMILES string of the molecule is CC(/C=C\[NH-])=C/C=[C-]C(C)(C)C. The first-order valence-corrected chi connectivity index (χ1v) is 4.07. The molecule has 12 heavy (non-hydrogen) atoms. The van der Waals surface area contributed by atoms with Gasteiger partial charge in [0.05, 0.1) is 0 Å². The normalized spacial score (nSPS) is 14.8. The zero-order valence-corrected chi connectivity index (χ0v) is 8.31. The van der Waals surface area contributed by atoms with E-state index in [4.69, 9.17) is 5.73 Å². The molecule has 0 fully saturated rings. The first-order chi connectivity index (χ1) is 5.45. The molecule has 0 aliphatic rings. The molecule has 0 aromatic rings. The fraction of sp³-hybridized carbons (Fsp3) is 0.455. The third-order valence-electron chi connectivity index (χ3n) is 1.21. The minimum absolute atomic E-state index is 0.113. The van der Waals surface area contributed by atoms with Crippen LogP contribution in [0.25, 0.3) is 5.73 Å². The summed E-state index contributed by atoms with van der Waals surface area (Å²) in [5.41, 5.74) is 8.02. The van der Waals surface area contributed by atoms with Crippen molar-refractivity contribution in [2.75, 3.05) is 0 Å². The third-order valence-corrected chi connectivity index (χ3v) is 1.21. The van der Waals surface area contributed by atoms with E-state index in [1.54, 1.807) is 6.08 Å². The average Bonchev–Trinajstić information content (AvgIpc) is 1.84. The molecule has 0 amide bonds. The Bertz CT molecular complexity index is 202. The lowest BCUT2D eigenvalue weighted by Gasteiger charge is -2.18. The van der Waals surface area contributed by atoms with E-state index < -0.39 is 0 Å². The fourth-order valence-corrected chi connectivity index (χ4v) is 0.610. The summed E-state index contributed by atoms with van der Waals surface area (Å²) in [7, 11) is 0. The van der Waals surface area contributed by atoms with Gasteiger partial charge in [-0.3, -0.25) is 6.08 Å². The topological polar surface area (TPSA) is 23.8 Å². The summed E-state index contributed by atoms with van der Waals surface area (Å²) < 4.78 is 0. The first kappa shape index (κ1) is 11.0. The Morgan fingerprint density at radius 3 is 2.33 bits per heavy atom. The molecule has 0 bridgehead atoms. The van der Waals surface area contributed by atoms with Gasteiger partial charge in [0.25, 0.3) is 0 Å². The molecule has 0 unspecified atom stereocenters. The van der Waals surface area contributed by atoms with Crippen LogP contribution in [0.1, 0.15) is 27.7 Å². The molecule has 0 heterocycles. The van der Waals surface area contributed by atoms with E-state index in [1.807, 2.05) is 19.1 Å². The Morgan fingerprint density at radius 2 is 1.92 bits per heavy atom. The van der Waals surface area contributed by atoms with Crippen LogP contribution in [0.3, 0.4) is 0 Å². The first-order valence-electron chi connectivity index (χ1n) is 4.07. The summed E-state index contributed by atoms with van der Waals surface area (Å²) in [6.07, 6.45) is 10.1. The molecular weight excluding hydrogens is 146 g/mol. The van der Waals surface area contributed by atoms with Crippen molar-refractivity contribution in [2.24, 2.45) is 5.41 Å². The van der Waals surface area contributed by atoms with Crippen LogP contribution >= 0.6 is 0 Å². The van der Waals surface area contributed by atoms with Gasteiger partial charge in [0, 0.05) is 0 Å². The summed E-state index contributed by atoms with van der Waals surface area (Å²) in [5, 5.41) is 0. The van der Waals surface area contributed by atoms with Gasteiger partial charge in [-0.1, -0.05) is 39.2 Å². The second-order valence-electron chi connectivity index (χ2n) is 3.81. The van der Waals surface area contributed by atoms with Crippen LogP contribution in [0, 0.1) is 11.5 Å². The van der Waals surface area contributed by atoms with Crippen LogP contribution in [-0.4, -0.2) is 0 Å². The van der Waals surface area contributed by atoms with Crippen molar-refractivity contribution < 1.29 is 0 Å². The van der Waals surface area contributed by atoms with Crippen LogP contribution in [0.5, 0.6) is 0 Å². The van der Waals surface area contributed by atoms with Gasteiger partial charge in [-0.2, -0.15) is 6.20 Å². The molecule has 1 heteroatoms. The highest BCUT2D eigenvalue weighted by molar-refractivity contribution is 5.21. The van der Waals surface area contributed by atoms with Crippen molar-refractivity contribution in [3.8, 4) is 0 Å². The van der Waals surface area contributed by atoms with Crippen molar-refractivity contribution in [3.05, 3.63) is 41.8 Å². The summed E-state index contributed by atoms with van der Waals surface area (Å²) in [6.45, 7) is 8.28. The maximum atomic E-state index is 6.84. The molecule has 0 radical (unpaired) electrons. The minimum atomic E-state index is 0.113. The van der Waals surface area contributed by atoms with Gasteiger partial charge in [0.1, 0.15) is 0 Å². The van der Waals surface area contributed by atoms with Crippen molar-refractivity contribution in [1.82, 2.24) is 0 Å². The van der Waals surface area contributed by atoms with Crippen LogP contribution in [0.2, 0.25) is 0 Å². The van der Waals surface area contributed by atoms with E-state index in [-0.39, 0.29) is 5.41 Å². The van der Waals surface area contributed by atoms with Crippen LogP contribution in [0.15, 0.2) is 30.0 Å². The Kier molecular flexibility index (Phi) is 4.42. The maximum absolute atomic E-state index is 6.84. The predicted molar refractivity (Wildman–Crippen MR) is 54.5 cm³/mol. The summed E-state index contributed by atoms with van der Waals surface area (Å²) in [6, 6.07) is 0. The molecular formula is C11H17N-2. The molecule has 0 aliphatic heterocycles. The molecule has 0 aromatic carbocycles. The molecule has 0 saturated heterocycles. The molecule has 0 aromatic heterocycles. The Balaban J connectivity index is 4.12. The largest absolute Gasteiger partial charge is 0.705 e. The number of rotatable bonds is 2. The van der Waals surface area contributed by atoms with Crippen molar-refractivity contribution in [2.45, 2.75) is 27.7 Å². The molecule has 0 spiro atoms. The summed E-state index contributed by atoms with van der Waals surface area (Å²) >= 11 is 0. The van der Waals surface area contributed by atoms with Gasteiger partial charge in [-0.15, -0.1) is 5.57 Å². The lowest BCUT2D eigenvalue weighted by Crippen LogP contribution is -1.98. The van der Waals surface area contributed by atoms with Gasteiger partial charge >= 0.3 is 0 Å². The number of allylic oxidation sites excluding steroid dienone is 5. The van der Waals surface area contributed by atoms with Gasteiger partial charge in [0.15, 0.2) is 0 Å². The standard InChI is InChI=1S/C11H17N/c1-10(7-9-12)6-5-8-11(2,3)4/h5-7,9,12H,1-4H3/q-2/b9-7-,10-6-. The second kappa shape index (κ2) is 4.81. The van der Waals surface area contributed by atoms with Crippen molar-refractivity contribution in [3.63, 3.8) is 0 Å². The van der Waals surface area contributed by atoms with E-state index in [9.17, 15) is 0 Å². The smallest absolute Gasteiger partial charge is 0.0567 e. The summed E-state index contributed by atoms with van der Waals surface area (Å²) in [4.78, 5) is 0. The van der Waals surface area contributed by atoms with Gasteiger partial charge < -0.3 is 5.73 Å². The molecule has 0 atom stereocenters. The monoisotopic (exact) mass is 163 g/mol. The van der Waals surface area contributed by atoms with E-state index in [0.717, 1.165) is 5.57 Å². The molecule has 1 nitrogen and oxygen atoms in total. The molecule has 0 rings (SSSR count). The summed E-state index contributed by atoms with van der Waals surface area (Å²) in [5.74, 6) is 0. The van der Waals surface area contributed by atoms with E-state index in [0.29, 0.717) is 0 Å². The highest BCUT2D eigenvalue weighted by Crippen LogP contribution is 2.13. The predicted octanol–water partition coefficient (Wildman–Crippen LogP) is 3.90. The van der Waals surface area contributed by atoms with E-state index in [1.165, 1.54) is 6.20 Å². The maximum Gasteiger partial charge on any atom is -0.0567 e. The lowest BCUT2D eigenvalue weighted by atomic mass is 9.96. The fourth-order valence-electron chi connectivity index (χ4n) is 0.610. The van der Waals surface area contributed by atoms with E-state index in [2.05, 4.69) is 26.8 Å². The lowest BCUT2D eigenvalue weighted by molar-refractivity contribution is 0.524. The molecule has 0 aliphatic carbocycles. The number of hydrogen-bond donors (Lipinski definition) is 0. The molecule has 1 N–H and O–H groups in total. The molecule has 68 valence electrons. The Hall–Kier alpha value is -0.980. The molecule has 0 saturated carbocycles. The Labute approximate surface area is 75.7 Å². The van der Waals surface area contributed by atoms with E-state index >= 15 is 0 Å². The van der Waals surface area contributed by atoms with Gasteiger partial charge in [0.2, 0.25) is 0 Å². The van der Waals surface area contributed by atoms with Crippen LogP contribution in [-0.2, 0) is 0 Å². The van der Waals surface area contributed by atoms with Crippen LogP contribution < -0.4 is 0 Å². The number of hydrogen-bond acceptors (Lipinski definition) is 0. The second-order valence-corrected chi connectivity index (χ2v) is 3.81. The third kappa shape index (κ3) is 7.13. The zero-order valence-electron chi connectivity index (χ0n) is 8.31. The highest BCUT2D eigenvalue weighted by atomic mass is 14.5. The van der Waals surface area contributed by atoms with Gasteiger partial charge in [-0.25, -0.2) is 12.2 Å².